The lowest BCUT2D eigenvalue weighted by Crippen LogP contribution is -2.41. The minimum Gasteiger partial charge on any atom is -0.497 e. The Labute approximate surface area is 307 Å². The van der Waals surface area contributed by atoms with Gasteiger partial charge >= 0.3 is 5.69 Å². The van der Waals surface area contributed by atoms with Crippen molar-refractivity contribution in [2.24, 2.45) is 0 Å². The molecule has 1 aliphatic rings. The Morgan fingerprint density at radius 2 is 1.48 bits per heavy atom. The first-order chi connectivity index (χ1) is 25.0. The van der Waals surface area contributed by atoms with Crippen molar-refractivity contribution in [2.75, 3.05) is 27.4 Å². The lowest BCUT2D eigenvalue weighted by Gasteiger charge is -2.42. The predicted molar refractivity (Wildman–Crippen MR) is 202 cm³/mol. The standard InChI is InChI=1S/C40H49N4O7P/c1-27(2)44(28(3)4)52(50-23-11-22-41)36-24-37(43-25-29(5)38(45)42-39(43)46)51-35(36)26-49-40(30-12-9-8-10-13-30,31-14-18-33(47-6)19-15-31)32-16-20-34(48-7)21-17-32/h8-10,12-21,25,27-28,35-37H,11,23-24,26H2,1-7H3,(H,42,45,46)/t35-,36+,37-,52?/m1/s1. The van der Waals surface area contributed by atoms with Crippen LogP contribution >= 0.6 is 8.30 Å². The molecule has 5 rings (SSSR count). The van der Waals surface area contributed by atoms with Crippen LogP contribution in [0.3, 0.4) is 0 Å². The zero-order valence-electron chi connectivity index (χ0n) is 30.9. The average molecular weight is 729 g/mol. The maximum Gasteiger partial charge on any atom is 0.330 e. The molecule has 1 unspecified atom stereocenters. The van der Waals surface area contributed by atoms with E-state index in [-0.39, 0.29) is 37.4 Å². The van der Waals surface area contributed by atoms with Crippen LogP contribution in [0.1, 0.15) is 69.0 Å². The number of nitrogens with one attached hydrogen (secondary N) is 1. The topological polar surface area (TPSA) is 128 Å². The molecule has 0 bridgehead atoms. The van der Waals surface area contributed by atoms with Crippen molar-refractivity contribution in [1.82, 2.24) is 14.2 Å². The van der Waals surface area contributed by atoms with Gasteiger partial charge in [-0.15, -0.1) is 0 Å². The molecule has 1 aromatic heterocycles. The number of nitrogens with zero attached hydrogens (tertiary/aromatic N) is 3. The highest BCUT2D eigenvalue weighted by atomic mass is 31.2. The Morgan fingerprint density at radius 1 is 0.923 bits per heavy atom. The van der Waals surface area contributed by atoms with Crippen LogP contribution in [0.15, 0.2) is 94.6 Å². The Hall–Kier alpha value is -4.30. The number of hydrogen-bond donors (Lipinski definition) is 1. The molecule has 0 aliphatic carbocycles. The number of aryl methyl sites for hydroxylation is 1. The molecule has 1 N–H and O–H groups in total. The fourth-order valence-electron chi connectivity index (χ4n) is 6.92. The summed E-state index contributed by atoms with van der Waals surface area (Å²) in [5, 5.41) is 9.42. The van der Waals surface area contributed by atoms with Crippen molar-refractivity contribution in [2.45, 2.75) is 83.1 Å². The number of ether oxygens (including phenoxy) is 4. The molecule has 12 heteroatoms. The normalized spacial score (nSPS) is 18.1. The SMILES string of the molecule is COc1ccc(C(OC[C@H]2O[C@@H](n3cc(C)c(=O)[nH]c3=O)C[C@@H]2P(OCCC#N)N(C(C)C)C(C)C)(c2ccccc2)c2ccc(OC)cc2)cc1. The van der Waals surface area contributed by atoms with Crippen LogP contribution in [-0.2, 0) is 19.6 Å². The first-order valence-electron chi connectivity index (χ1n) is 17.6. The summed E-state index contributed by atoms with van der Waals surface area (Å²) in [4.78, 5) is 28.0. The molecular formula is C40H49N4O7P. The quantitative estimate of drug-likeness (QED) is 0.0746. The predicted octanol–water partition coefficient (Wildman–Crippen LogP) is 6.89. The lowest BCUT2D eigenvalue weighted by molar-refractivity contribution is -0.0773. The first kappa shape index (κ1) is 38.9. The summed E-state index contributed by atoms with van der Waals surface area (Å²) in [6.45, 7) is 10.6. The van der Waals surface area contributed by atoms with E-state index in [0.29, 0.717) is 23.5 Å². The summed E-state index contributed by atoms with van der Waals surface area (Å²) in [6.07, 6.45) is 0.983. The maximum atomic E-state index is 13.2. The highest BCUT2D eigenvalue weighted by Crippen LogP contribution is 2.56. The van der Waals surface area contributed by atoms with Crippen LogP contribution < -0.4 is 20.7 Å². The third kappa shape index (κ3) is 8.33. The third-order valence-electron chi connectivity index (χ3n) is 9.30. The van der Waals surface area contributed by atoms with Gasteiger partial charge in [0.05, 0.1) is 51.7 Å². The molecule has 52 heavy (non-hydrogen) atoms. The van der Waals surface area contributed by atoms with Crippen molar-refractivity contribution in [3.63, 3.8) is 0 Å². The highest BCUT2D eigenvalue weighted by molar-refractivity contribution is 7.51. The largest absolute Gasteiger partial charge is 0.497 e. The van der Waals surface area contributed by atoms with Gasteiger partial charge in [0.1, 0.15) is 31.6 Å². The molecule has 0 amide bonds. The summed E-state index contributed by atoms with van der Waals surface area (Å²) in [6, 6.07) is 28.2. The van der Waals surface area contributed by atoms with E-state index in [0.717, 1.165) is 16.7 Å². The van der Waals surface area contributed by atoms with Gasteiger partial charge in [-0.05, 0) is 75.6 Å². The third-order valence-corrected chi connectivity index (χ3v) is 12.2. The van der Waals surface area contributed by atoms with E-state index < -0.39 is 37.5 Å². The molecule has 0 spiro atoms. The second-order valence-corrected chi connectivity index (χ2v) is 15.3. The molecule has 4 aromatic rings. The summed E-state index contributed by atoms with van der Waals surface area (Å²) >= 11 is 0. The van der Waals surface area contributed by atoms with E-state index in [4.69, 9.17) is 23.5 Å². The molecule has 3 aromatic carbocycles. The van der Waals surface area contributed by atoms with E-state index >= 15 is 0 Å². The van der Waals surface area contributed by atoms with Gasteiger partial charge in [-0.25, -0.2) is 4.79 Å². The number of aromatic amines is 1. The molecule has 11 nitrogen and oxygen atoms in total. The molecule has 4 atom stereocenters. The monoisotopic (exact) mass is 728 g/mol. The number of H-pyrrole nitrogens is 1. The van der Waals surface area contributed by atoms with Gasteiger partial charge in [-0.3, -0.25) is 19.0 Å². The minimum atomic E-state index is -1.36. The summed E-state index contributed by atoms with van der Waals surface area (Å²) in [5.74, 6) is 1.43. The molecular weight excluding hydrogens is 679 g/mol. The Balaban J connectivity index is 1.65. The van der Waals surface area contributed by atoms with Gasteiger partial charge in [0, 0.05) is 30.3 Å². The summed E-state index contributed by atoms with van der Waals surface area (Å²) < 4.78 is 35.6. The molecule has 0 saturated carbocycles. The zero-order valence-corrected chi connectivity index (χ0v) is 31.8. The fraction of sp³-hybridized carbons (Fsp3) is 0.425. The number of nitriles is 1. The van der Waals surface area contributed by atoms with Crippen LogP contribution in [-0.4, -0.2) is 65.5 Å². The number of benzene rings is 3. The van der Waals surface area contributed by atoms with Gasteiger partial charge in [-0.1, -0.05) is 54.6 Å². The molecule has 1 saturated heterocycles. The van der Waals surface area contributed by atoms with Gasteiger partial charge in [0.2, 0.25) is 0 Å². The number of rotatable bonds is 16. The fourth-order valence-corrected chi connectivity index (χ4v) is 9.58. The van der Waals surface area contributed by atoms with Crippen molar-refractivity contribution in [3.8, 4) is 17.6 Å². The Kier molecular flexibility index (Phi) is 13.1. The first-order valence-corrected chi connectivity index (χ1v) is 18.9. The van der Waals surface area contributed by atoms with Gasteiger partial charge in [-0.2, -0.15) is 5.26 Å². The maximum absolute atomic E-state index is 13.2. The van der Waals surface area contributed by atoms with Crippen LogP contribution in [0, 0.1) is 18.3 Å². The van der Waals surface area contributed by atoms with Crippen LogP contribution in [0.5, 0.6) is 11.5 Å². The van der Waals surface area contributed by atoms with Crippen LogP contribution in [0.2, 0.25) is 0 Å². The van der Waals surface area contributed by atoms with Gasteiger partial charge in [0.15, 0.2) is 0 Å². The Morgan fingerprint density at radius 3 is 2.00 bits per heavy atom. The second-order valence-electron chi connectivity index (χ2n) is 13.3. The Bertz CT molecular complexity index is 1850. The van der Waals surface area contributed by atoms with Crippen molar-refractivity contribution in [3.05, 3.63) is 128 Å². The average Bonchev–Trinajstić information content (AvgIpc) is 3.57. The molecule has 1 aliphatic heterocycles. The van der Waals surface area contributed by atoms with E-state index in [1.807, 2.05) is 78.9 Å². The summed E-state index contributed by atoms with van der Waals surface area (Å²) in [5.41, 5.74) is 0.747. The zero-order chi connectivity index (χ0) is 37.4. The number of hydrogen-bond acceptors (Lipinski definition) is 9. The molecule has 2 heterocycles. The molecule has 1 fully saturated rings. The van der Waals surface area contributed by atoms with E-state index in [1.165, 1.54) is 4.57 Å². The molecule has 0 radical (unpaired) electrons. The van der Waals surface area contributed by atoms with E-state index in [9.17, 15) is 14.9 Å². The summed E-state index contributed by atoms with van der Waals surface area (Å²) in [7, 11) is 1.91. The van der Waals surface area contributed by atoms with Crippen molar-refractivity contribution < 1.29 is 23.5 Å². The lowest BCUT2D eigenvalue weighted by atomic mass is 9.80. The van der Waals surface area contributed by atoms with Crippen molar-refractivity contribution in [1.29, 1.82) is 5.26 Å². The smallest absolute Gasteiger partial charge is 0.330 e. The highest BCUT2D eigenvalue weighted by Gasteiger charge is 2.48. The minimum absolute atomic E-state index is 0.119. The van der Waals surface area contributed by atoms with E-state index in [2.05, 4.69) is 43.4 Å². The van der Waals surface area contributed by atoms with Crippen molar-refractivity contribution >= 4 is 8.30 Å². The number of methoxy groups -OCH3 is 2. The second kappa shape index (κ2) is 17.5. The molecule has 276 valence electrons. The number of aromatic nitrogens is 2. The van der Waals surface area contributed by atoms with Crippen LogP contribution in [0.4, 0.5) is 0 Å². The van der Waals surface area contributed by atoms with E-state index in [1.54, 1.807) is 27.3 Å². The van der Waals surface area contributed by atoms with Gasteiger partial charge in [0.25, 0.3) is 5.56 Å². The van der Waals surface area contributed by atoms with Gasteiger partial charge < -0.3 is 23.5 Å². The van der Waals surface area contributed by atoms with Crippen LogP contribution in [0.25, 0.3) is 0 Å².